The van der Waals surface area contributed by atoms with Crippen LogP contribution in [-0.2, 0) is 6.42 Å². The number of ether oxygens (including phenoxy) is 1. The molecule has 0 bridgehead atoms. The lowest BCUT2D eigenvalue weighted by Gasteiger charge is -2.06. The number of nitro groups is 1. The van der Waals surface area contributed by atoms with Crippen LogP contribution in [-0.4, -0.2) is 12.0 Å². The van der Waals surface area contributed by atoms with Gasteiger partial charge in [0, 0.05) is 0 Å². The summed E-state index contributed by atoms with van der Waals surface area (Å²) in [6, 6.07) is 4.99. The molecule has 0 atom stereocenters. The molecule has 0 aliphatic rings. The third-order valence-electron chi connectivity index (χ3n) is 1.85. The van der Waals surface area contributed by atoms with Crippen molar-refractivity contribution in [3.05, 3.63) is 32.3 Å². The van der Waals surface area contributed by atoms with Gasteiger partial charge in [-0.15, -0.1) is 0 Å². The first kappa shape index (κ1) is 11.5. The summed E-state index contributed by atoms with van der Waals surface area (Å²) in [4.78, 5) is 10.3. The maximum absolute atomic E-state index is 10.8. The van der Waals surface area contributed by atoms with Crippen molar-refractivity contribution in [2.45, 2.75) is 6.42 Å². The molecule has 78 valence electrons. The topological polar surface area (TPSA) is 76.2 Å². The third kappa shape index (κ3) is 2.25. The molecule has 0 heterocycles. The Morgan fingerprint density at radius 1 is 1.67 bits per heavy atom. The minimum absolute atomic E-state index is 0.0566. The van der Waals surface area contributed by atoms with Crippen molar-refractivity contribution < 1.29 is 9.66 Å². The molecule has 0 N–H and O–H groups in total. The molecule has 1 rings (SSSR count). The van der Waals surface area contributed by atoms with Gasteiger partial charge in [0.2, 0.25) is 0 Å². The number of nitriles is 1. The normalized spacial score (nSPS) is 9.40. The first-order chi connectivity index (χ1) is 7.11. The number of methoxy groups -OCH3 is 1. The van der Waals surface area contributed by atoms with Gasteiger partial charge in [-0.05, 0) is 28.1 Å². The molecular weight excluding hydrogens is 264 g/mol. The number of nitro benzene ring substituents is 1. The first-order valence-electron chi connectivity index (χ1n) is 3.98. The van der Waals surface area contributed by atoms with E-state index >= 15 is 0 Å². The van der Waals surface area contributed by atoms with E-state index in [9.17, 15) is 10.1 Å². The summed E-state index contributed by atoms with van der Waals surface area (Å²) in [7, 11) is 1.41. The van der Waals surface area contributed by atoms with Crippen LogP contribution in [0.4, 0.5) is 5.69 Å². The highest BCUT2D eigenvalue weighted by atomic mass is 79.9. The molecule has 0 amide bonds. The van der Waals surface area contributed by atoms with Crippen molar-refractivity contribution in [3.8, 4) is 11.8 Å². The predicted octanol–water partition coefficient (Wildman–Crippen LogP) is 2.43. The number of benzene rings is 1. The van der Waals surface area contributed by atoms with Crippen molar-refractivity contribution in [1.82, 2.24) is 0 Å². The van der Waals surface area contributed by atoms with Crippen LogP contribution in [0, 0.1) is 21.4 Å². The van der Waals surface area contributed by atoms with Gasteiger partial charge in [-0.1, -0.05) is 0 Å². The number of rotatable bonds is 3. The van der Waals surface area contributed by atoms with Crippen LogP contribution in [0.15, 0.2) is 16.6 Å². The fraction of sp³-hybridized carbons (Fsp3) is 0.222. The van der Waals surface area contributed by atoms with Crippen LogP contribution in [0.2, 0.25) is 0 Å². The van der Waals surface area contributed by atoms with Gasteiger partial charge in [0.15, 0.2) is 0 Å². The molecule has 1 aromatic rings. The Morgan fingerprint density at radius 2 is 2.33 bits per heavy atom. The molecule has 0 saturated heterocycles. The van der Waals surface area contributed by atoms with Gasteiger partial charge in [-0.25, -0.2) is 0 Å². The van der Waals surface area contributed by atoms with E-state index in [0.717, 1.165) is 0 Å². The molecule has 1 aromatic carbocycles. The molecule has 0 aliphatic heterocycles. The van der Waals surface area contributed by atoms with Crippen LogP contribution in [0.25, 0.3) is 0 Å². The van der Waals surface area contributed by atoms with E-state index in [1.807, 2.05) is 6.07 Å². The summed E-state index contributed by atoms with van der Waals surface area (Å²) >= 11 is 3.07. The largest absolute Gasteiger partial charge is 0.496 e. The van der Waals surface area contributed by atoms with Crippen LogP contribution in [0.1, 0.15) is 5.56 Å². The van der Waals surface area contributed by atoms with Crippen molar-refractivity contribution in [3.63, 3.8) is 0 Å². The summed E-state index contributed by atoms with van der Waals surface area (Å²) in [5, 5.41) is 19.4. The smallest absolute Gasteiger partial charge is 0.291 e. The second kappa shape index (κ2) is 4.75. The predicted molar refractivity (Wildman–Crippen MR) is 56.7 cm³/mol. The highest BCUT2D eigenvalue weighted by Crippen LogP contribution is 2.35. The molecule has 5 nitrogen and oxygen atoms in total. The molecule has 0 spiro atoms. The molecule has 0 radical (unpaired) electrons. The lowest BCUT2D eigenvalue weighted by molar-refractivity contribution is -0.386. The maximum Gasteiger partial charge on any atom is 0.291 e. The van der Waals surface area contributed by atoms with Crippen molar-refractivity contribution >= 4 is 21.6 Å². The van der Waals surface area contributed by atoms with Gasteiger partial charge in [0.1, 0.15) is 5.75 Å². The Labute approximate surface area is 94.6 Å². The van der Waals surface area contributed by atoms with Crippen molar-refractivity contribution in [1.29, 1.82) is 5.26 Å². The van der Waals surface area contributed by atoms with Gasteiger partial charge < -0.3 is 4.74 Å². The third-order valence-corrected chi connectivity index (χ3v) is 2.49. The van der Waals surface area contributed by atoms with Crippen LogP contribution in [0.5, 0.6) is 5.75 Å². The molecule has 0 aliphatic carbocycles. The average Bonchev–Trinajstić information content (AvgIpc) is 2.18. The number of hydrogen-bond donors (Lipinski definition) is 0. The van der Waals surface area contributed by atoms with E-state index in [1.54, 1.807) is 6.07 Å². The Balaban J connectivity index is 3.45. The summed E-state index contributed by atoms with van der Waals surface area (Å²) in [5.41, 5.74) is 0.176. The monoisotopic (exact) mass is 270 g/mol. The number of nitrogens with zero attached hydrogens (tertiary/aromatic N) is 2. The Bertz CT molecular complexity index is 440. The zero-order valence-electron chi connectivity index (χ0n) is 7.86. The molecule has 0 aromatic heterocycles. The summed E-state index contributed by atoms with van der Waals surface area (Å²) in [5.74, 6) is 0.353. The van der Waals surface area contributed by atoms with Crippen molar-refractivity contribution in [2.24, 2.45) is 0 Å². The van der Waals surface area contributed by atoms with Gasteiger partial charge in [0.25, 0.3) is 5.69 Å². The minimum atomic E-state index is -0.528. The van der Waals surface area contributed by atoms with Gasteiger partial charge in [-0.3, -0.25) is 10.1 Å². The van der Waals surface area contributed by atoms with Gasteiger partial charge in [-0.2, -0.15) is 5.26 Å². The van der Waals surface area contributed by atoms with E-state index in [2.05, 4.69) is 15.9 Å². The lowest BCUT2D eigenvalue weighted by Crippen LogP contribution is -1.99. The molecule has 0 saturated carbocycles. The van der Waals surface area contributed by atoms with E-state index in [0.29, 0.717) is 15.8 Å². The zero-order valence-corrected chi connectivity index (χ0v) is 9.44. The number of halogens is 1. The van der Waals surface area contributed by atoms with Crippen molar-refractivity contribution in [2.75, 3.05) is 7.11 Å². The van der Waals surface area contributed by atoms with E-state index in [1.165, 1.54) is 13.2 Å². The van der Waals surface area contributed by atoms with Crippen LogP contribution >= 0.6 is 15.9 Å². The molecule has 15 heavy (non-hydrogen) atoms. The standard InChI is InChI=1S/C9H7BrN2O3/c1-15-8-3-2-7(10)9(12(13)14)6(8)4-5-11/h2-3H,4H2,1H3. The quantitative estimate of drug-likeness (QED) is 0.624. The molecular formula is C9H7BrN2O3. The number of hydrogen-bond acceptors (Lipinski definition) is 4. The second-order valence-corrected chi connectivity index (χ2v) is 3.52. The lowest BCUT2D eigenvalue weighted by atomic mass is 10.1. The van der Waals surface area contributed by atoms with Gasteiger partial charge >= 0.3 is 0 Å². The fourth-order valence-corrected chi connectivity index (χ4v) is 1.74. The van der Waals surface area contributed by atoms with Gasteiger partial charge in [0.05, 0.1) is 34.6 Å². The summed E-state index contributed by atoms with van der Waals surface area (Å²) in [6.45, 7) is 0. The Kier molecular flexibility index (Phi) is 3.63. The fourth-order valence-electron chi connectivity index (χ4n) is 1.23. The zero-order chi connectivity index (χ0) is 11.4. The molecule has 0 fully saturated rings. The van der Waals surface area contributed by atoms with E-state index in [4.69, 9.17) is 10.00 Å². The van der Waals surface area contributed by atoms with Crippen LogP contribution in [0.3, 0.4) is 0 Å². The first-order valence-corrected chi connectivity index (χ1v) is 4.77. The average molecular weight is 271 g/mol. The molecule has 6 heteroatoms. The summed E-state index contributed by atoms with van der Waals surface area (Å²) in [6.07, 6.45) is -0.0566. The maximum atomic E-state index is 10.8. The van der Waals surface area contributed by atoms with Crippen LogP contribution < -0.4 is 4.74 Å². The molecule has 0 unspecified atom stereocenters. The summed E-state index contributed by atoms with van der Waals surface area (Å²) < 4.78 is 5.31. The SMILES string of the molecule is COc1ccc(Br)c([N+](=O)[O-])c1CC#N. The Morgan fingerprint density at radius 3 is 2.80 bits per heavy atom. The highest BCUT2D eigenvalue weighted by molar-refractivity contribution is 9.10. The Hall–Kier alpha value is -1.61. The minimum Gasteiger partial charge on any atom is -0.496 e. The van der Waals surface area contributed by atoms with E-state index in [-0.39, 0.29) is 12.1 Å². The highest BCUT2D eigenvalue weighted by Gasteiger charge is 2.22. The second-order valence-electron chi connectivity index (χ2n) is 2.67. The van der Waals surface area contributed by atoms with E-state index < -0.39 is 4.92 Å².